The standard InChI is InChI=1S/C18H23N3O3S/c1-10-11(2)13(4)17(14(5)12(10)3)25(23,24)21-16-8-6-15(7-9-16)20-18(19)22/h6-9,21H,1-5H3,(H3,19,20,22). The van der Waals surface area contributed by atoms with Crippen molar-refractivity contribution in [2.45, 2.75) is 39.5 Å². The maximum absolute atomic E-state index is 12.9. The van der Waals surface area contributed by atoms with E-state index < -0.39 is 16.1 Å². The summed E-state index contributed by atoms with van der Waals surface area (Å²) in [7, 11) is -3.73. The molecule has 0 aromatic heterocycles. The van der Waals surface area contributed by atoms with Crippen LogP contribution in [-0.2, 0) is 10.0 Å². The predicted octanol–water partition coefficient (Wildman–Crippen LogP) is 3.52. The smallest absolute Gasteiger partial charge is 0.316 e. The summed E-state index contributed by atoms with van der Waals surface area (Å²) in [5.41, 5.74) is 10.5. The van der Waals surface area contributed by atoms with Crippen molar-refractivity contribution in [2.75, 3.05) is 10.0 Å². The van der Waals surface area contributed by atoms with Crippen molar-refractivity contribution in [3.63, 3.8) is 0 Å². The Morgan fingerprint density at radius 2 is 1.20 bits per heavy atom. The van der Waals surface area contributed by atoms with Gasteiger partial charge in [-0.25, -0.2) is 13.2 Å². The van der Waals surface area contributed by atoms with Crippen LogP contribution in [0.25, 0.3) is 0 Å². The van der Waals surface area contributed by atoms with Crippen LogP contribution >= 0.6 is 0 Å². The topological polar surface area (TPSA) is 101 Å². The number of nitrogens with one attached hydrogen (secondary N) is 2. The second-order valence-electron chi connectivity index (χ2n) is 6.13. The van der Waals surface area contributed by atoms with Gasteiger partial charge in [0.1, 0.15) is 0 Å². The molecule has 6 nitrogen and oxygen atoms in total. The second kappa shape index (κ2) is 6.76. The summed E-state index contributed by atoms with van der Waals surface area (Å²) < 4.78 is 28.4. The molecule has 0 spiro atoms. The molecule has 0 atom stereocenters. The van der Waals surface area contributed by atoms with E-state index in [4.69, 9.17) is 5.73 Å². The van der Waals surface area contributed by atoms with Gasteiger partial charge < -0.3 is 11.1 Å². The number of primary amides is 1. The van der Waals surface area contributed by atoms with E-state index in [-0.39, 0.29) is 0 Å². The molecule has 7 heteroatoms. The third-order valence-corrected chi connectivity index (χ3v) is 6.26. The molecule has 2 aromatic carbocycles. The number of rotatable bonds is 4. The van der Waals surface area contributed by atoms with E-state index in [1.165, 1.54) is 0 Å². The quantitative estimate of drug-likeness (QED) is 0.776. The lowest BCUT2D eigenvalue weighted by Crippen LogP contribution is -2.19. The van der Waals surface area contributed by atoms with E-state index in [9.17, 15) is 13.2 Å². The fourth-order valence-electron chi connectivity index (χ4n) is 2.84. The van der Waals surface area contributed by atoms with Crippen molar-refractivity contribution in [2.24, 2.45) is 5.73 Å². The van der Waals surface area contributed by atoms with Crippen LogP contribution in [0, 0.1) is 34.6 Å². The molecule has 0 radical (unpaired) electrons. The summed E-state index contributed by atoms with van der Waals surface area (Å²) >= 11 is 0. The number of sulfonamides is 1. The number of hydrogen-bond donors (Lipinski definition) is 3. The summed E-state index contributed by atoms with van der Waals surface area (Å²) in [4.78, 5) is 11.1. The molecule has 0 aliphatic carbocycles. The van der Waals surface area contributed by atoms with Gasteiger partial charge in [-0.2, -0.15) is 0 Å². The van der Waals surface area contributed by atoms with Gasteiger partial charge in [-0.05, 0) is 86.7 Å². The zero-order chi connectivity index (χ0) is 18.9. The summed E-state index contributed by atoms with van der Waals surface area (Å²) in [6.07, 6.45) is 0. The molecule has 0 unspecified atom stereocenters. The molecule has 0 bridgehead atoms. The Balaban J connectivity index is 2.42. The van der Waals surface area contributed by atoms with Crippen LogP contribution < -0.4 is 15.8 Å². The van der Waals surface area contributed by atoms with E-state index >= 15 is 0 Å². The van der Waals surface area contributed by atoms with Crippen molar-refractivity contribution in [3.8, 4) is 0 Å². The van der Waals surface area contributed by atoms with E-state index in [1.807, 2.05) is 34.6 Å². The number of hydrogen-bond acceptors (Lipinski definition) is 3. The number of carbonyl (C=O) groups is 1. The number of urea groups is 1. The first-order valence-electron chi connectivity index (χ1n) is 7.81. The Hall–Kier alpha value is -2.54. The molecule has 0 heterocycles. The highest BCUT2D eigenvalue weighted by Gasteiger charge is 2.23. The Kier molecular flexibility index (Phi) is 5.08. The van der Waals surface area contributed by atoms with Crippen LogP contribution in [0.5, 0.6) is 0 Å². The van der Waals surface area contributed by atoms with Crippen molar-refractivity contribution >= 4 is 27.4 Å². The zero-order valence-corrected chi connectivity index (χ0v) is 15.8. The second-order valence-corrected chi connectivity index (χ2v) is 7.75. The number of carbonyl (C=O) groups excluding carboxylic acids is 1. The molecule has 4 N–H and O–H groups in total. The normalized spacial score (nSPS) is 11.2. The highest BCUT2D eigenvalue weighted by atomic mass is 32.2. The van der Waals surface area contributed by atoms with Crippen molar-refractivity contribution in [1.29, 1.82) is 0 Å². The van der Waals surface area contributed by atoms with Crippen molar-refractivity contribution in [1.82, 2.24) is 0 Å². The van der Waals surface area contributed by atoms with Gasteiger partial charge in [-0.15, -0.1) is 0 Å². The molecule has 134 valence electrons. The summed E-state index contributed by atoms with van der Waals surface area (Å²) in [5, 5.41) is 2.43. The lowest BCUT2D eigenvalue weighted by Gasteiger charge is -2.19. The molecule has 2 aromatic rings. The van der Waals surface area contributed by atoms with Crippen LogP contribution in [0.15, 0.2) is 29.2 Å². The molecular formula is C18H23N3O3S. The van der Waals surface area contributed by atoms with Crippen LogP contribution in [0.2, 0.25) is 0 Å². The lowest BCUT2D eigenvalue weighted by molar-refractivity contribution is 0.259. The fraction of sp³-hybridized carbons (Fsp3) is 0.278. The van der Waals surface area contributed by atoms with Crippen LogP contribution in [-0.4, -0.2) is 14.4 Å². The van der Waals surface area contributed by atoms with Crippen molar-refractivity contribution in [3.05, 3.63) is 52.1 Å². The SMILES string of the molecule is Cc1c(C)c(C)c(S(=O)(=O)Nc2ccc(NC(N)=O)cc2)c(C)c1C. The molecule has 0 saturated carbocycles. The number of benzene rings is 2. The Morgan fingerprint density at radius 3 is 1.64 bits per heavy atom. The van der Waals surface area contributed by atoms with Gasteiger partial charge in [-0.1, -0.05) is 0 Å². The third kappa shape index (κ3) is 3.76. The molecule has 0 fully saturated rings. The first-order valence-corrected chi connectivity index (χ1v) is 9.29. The van der Waals surface area contributed by atoms with E-state index in [0.29, 0.717) is 16.3 Å². The summed E-state index contributed by atoms with van der Waals surface area (Å²) in [5.74, 6) is 0. The van der Waals surface area contributed by atoms with Crippen LogP contribution in [0.1, 0.15) is 27.8 Å². The molecule has 2 amide bonds. The fourth-order valence-corrected chi connectivity index (χ4v) is 4.50. The summed E-state index contributed by atoms with van der Waals surface area (Å²) in [6, 6.07) is 5.62. The third-order valence-electron chi connectivity index (χ3n) is 4.60. The van der Waals surface area contributed by atoms with E-state index in [0.717, 1.165) is 27.8 Å². The Labute approximate surface area is 148 Å². The van der Waals surface area contributed by atoms with E-state index in [1.54, 1.807) is 24.3 Å². The van der Waals surface area contributed by atoms with Gasteiger partial charge in [0.25, 0.3) is 10.0 Å². The largest absolute Gasteiger partial charge is 0.351 e. The average molecular weight is 361 g/mol. The number of anilines is 2. The average Bonchev–Trinajstić information content (AvgIpc) is 2.52. The first-order chi connectivity index (χ1) is 11.5. The monoisotopic (exact) mass is 361 g/mol. The highest BCUT2D eigenvalue weighted by Crippen LogP contribution is 2.30. The minimum absolute atomic E-state index is 0.312. The predicted molar refractivity (Wildman–Crippen MR) is 101 cm³/mol. The zero-order valence-electron chi connectivity index (χ0n) is 15.0. The van der Waals surface area contributed by atoms with Gasteiger partial charge in [0.15, 0.2) is 0 Å². The maximum Gasteiger partial charge on any atom is 0.316 e. The number of nitrogens with two attached hydrogens (primary N) is 1. The van der Waals surface area contributed by atoms with Gasteiger partial charge in [0, 0.05) is 11.4 Å². The van der Waals surface area contributed by atoms with Gasteiger partial charge in [0.05, 0.1) is 4.90 Å². The Bertz CT molecular complexity index is 904. The number of amides is 2. The molecule has 25 heavy (non-hydrogen) atoms. The van der Waals surface area contributed by atoms with Crippen molar-refractivity contribution < 1.29 is 13.2 Å². The molecule has 0 aliphatic rings. The lowest BCUT2D eigenvalue weighted by atomic mass is 9.95. The minimum atomic E-state index is -3.73. The molecule has 0 aliphatic heterocycles. The van der Waals surface area contributed by atoms with Gasteiger partial charge >= 0.3 is 6.03 Å². The van der Waals surface area contributed by atoms with E-state index in [2.05, 4.69) is 10.0 Å². The summed E-state index contributed by atoms with van der Waals surface area (Å²) in [6.45, 7) is 9.51. The van der Waals surface area contributed by atoms with Gasteiger partial charge in [0.2, 0.25) is 0 Å². The van der Waals surface area contributed by atoms with Gasteiger partial charge in [-0.3, -0.25) is 4.72 Å². The highest BCUT2D eigenvalue weighted by molar-refractivity contribution is 7.92. The minimum Gasteiger partial charge on any atom is -0.351 e. The molecule has 2 rings (SSSR count). The molecule has 0 saturated heterocycles. The Morgan fingerprint density at radius 1 is 0.800 bits per heavy atom. The maximum atomic E-state index is 12.9. The molecular weight excluding hydrogens is 338 g/mol. The van der Waals surface area contributed by atoms with Crippen LogP contribution in [0.3, 0.4) is 0 Å². The first kappa shape index (κ1) is 18.8. The van der Waals surface area contributed by atoms with Crippen LogP contribution in [0.4, 0.5) is 16.2 Å².